The Hall–Kier alpha value is -0.720. The molecule has 1 aromatic heterocycles. The van der Waals surface area contributed by atoms with Crippen LogP contribution in [0.1, 0.15) is 5.69 Å². The van der Waals surface area contributed by atoms with E-state index in [0.717, 1.165) is 0 Å². The van der Waals surface area contributed by atoms with Crippen LogP contribution < -0.4 is 0 Å². The highest BCUT2D eigenvalue weighted by molar-refractivity contribution is 5.85. The number of hydrogen-bond donors (Lipinski definition) is 1. The van der Waals surface area contributed by atoms with Crippen LogP contribution in [0.3, 0.4) is 0 Å². The van der Waals surface area contributed by atoms with Gasteiger partial charge in [0, 0.05) is 0 Å². The van der Waals surface area contributed by atoms with Crippen LogP contribution in [0, 0.1) is 11.3 Å². The summed E-state index contributed by atoms with van der Waals surface area (Å²) >= 11 is 0. The number of nitrogens with zero attached hydrogens (tertiary/aromatic N) is 2. The van der Waals surface area contributed by atoms with Gasteiger partial charge in [-0.3, -0.25) is 5.10 Å². The number of rotatable bonds is 0. The maximum Gasteiger partial charge on any atom is 0.135 e. The third kappa shape index (κ3) is 2.96. The Balaban J connectivity index is 0. The van der Waals surface area contributed by atoms with Crippen molar-refractivity contribution in [1.29, 1.82) is 5.26 Å². The molecule has 5 heteroatoms. The van der Waals surface area contributed by atoms with E-state index >= 15 is 0 Å². The third-order valence-electron chi connectivity index (χ3n) is 0.621. The van der Waals surface area contributed by atoms with Crippen molar-refractivity contribution in [3.63, 3.8) is 0 Å². The van der Waals surface area contributed by atoms with Crippen LogP contribution in [0.5, 0.6) is 0 Å². The van der Waals surface area contributed by atoms with E-state index < -0.39 is 0 Å². The molecule has 3 nitrogen and oxygen atoms in total. The molecule has 0 aliphatic rings. The summed E-state index contributed by atoms with van der Waals surface area (Å²) in [7, 11) is 0. The molecule has 1 aromatic rings. The van der Waals surface area contributed by atoms with Crippen LogP contribution in [0.25, 0.3) is 0 Å². The minimum Gasteiger partial charge on any atom is -0.268 e. The lowest BCUT2D eigenvalue weighted by molar-refractivity contribution is 1.07. The van der Waals surface area contributed by atoms with E-state index in [9.17, 15) is 0 Å². The zero-order chi connectivity index (χ0) is 5.11. The van der Waals surface area contributed by atoms with Crippen molar-refractivity contribution < 1.29 is 0 Å². The number of hydrogen-bond acceptors (Lipinski definition) is 2. The summed E-state index contributed by atoms with van der Waals surface area (Å²) in [4.78, 5) is 0. The Kier molecular flexibility index (Phi) is 6.70. The van der Waals surface area contributed by atoms with Gasteiger partial charge in [-0.05, 0) is 6.07 Å². The van der Waals surface area contributed by atoms with E-state index in [1.54, 1.807) is 12.3 Å². The van der Waals surface area contributed by atoms with Crippen LogP contribution in [-0.2, 0) is 0 Å². The first-order valence-corrected chi connectivity index (χ1v) is 1.83. The molecule has 9 heavy (non-hydrogen) atoms. The summed E-state index contributed by atoms with van der Waals surface area (Å²) in [6.45, 7) is 0. The summed E-state index contributed by atoms with van der Waals surface area (Å²) in [6, 6.07) is 3.50. The van der Waals surface area contributed by atoms with Gasteiger partial charge in [0.15, 0.2) is 0 Å². The standard InChI is InChI=1S/C4H3N3.2ClH/c5-3-4-1-2-6-7-4;;/h1-2H,(H,6,7);2*1H. The molecule has 0 aliphatic carbocycles. The van der Waals surface area contributed by atoms with Gasteiger partial charge in [0.2, 0.25) is 0 Å². The average Bonchev–Trinajstić information content (AvgIpc) is 2.14. The largest absolute Gasteiger partial charge is 0.268 e. The summed E-state index contributed by atoms with van der Waals surface area (Å²) in [6.07, 6.45) is 1.54. The third-order valence-corrected chi connectivity index (χ3v) is 0.621. The van der Waals surface area contributed by atoms with Gasteiger partial charge in [0.05, 0.1) is 6.20 Å². The number of halogens is 2. The minimum atomic E-state index is 0. The number of H-pyrrole nitrogens is 1. The van der Waals surface area contributed by atoms with Crippen LogP contribution in [-0.4, -0.2) is 10.2 Å². The molecule has 0 spiro atoms. The quantitative estimate of drug-likeness (QED) is 0.627. The molecule has 50 valence electrons. The van der Waals surface area contributed by atoms with E-state index in [0.29, 0.717) is 5.69 Å². The first-order valence-electron chi connectivity index (χ1n) is 1.83. The van der Waals surface area contributed by atoms with Crippen molar-refractivity contribution in [2.45, 2.75) is 0 Å². The fraction of sp³-hybridized carbons (Fsp3) is 0. The number of aromatic amines is 1. The van der Waals surface area contributed by atoms with Gasteiger partial charge in [-0.25, -0.2) is 0 Å². The fourth-order valence-electron chi connectivity index (χ4n) is 0.318. The highest BCUT2D eigenvalue weighted by atomic mass is 35.5. The molecule has 0 unspecified atom stereocenters. The predicted octanol–water partition coefficient (Wildman–Crippen LogP) is 1.12. The van der Waals surface area contributed by atoms with Crippen molar-refractivity contribution in [1.82, 2.24) is 10.2 Å². The second kappa shape index (κ2) is 5.42. The Morgan fingerprint density at radius 2 is 2.22 bits per heavy atom. The normalized spacial score (nSPS) is 6.11. The molecular weight excluding hydrogens is 161 g/mol. The Morgan fingerprint density at radius 3 is 2.44 bits per heavy atom. The first kappa shape index (κ1) is 11.1. The minimum absolute atomic E-state index is 0. The van der Waals surface area contributed by atoms with Gasteiger partial charge in [0.25, 0.3) is 0 Å². The summed E-state index contributed by atoms with van der Waals surface area (Å²) in [5.41, 5.74) is 0.500. The molecular formula is C4H5Cl2N3. The molecule has 0 amide bonds. The van der Waals surface area contributed by atoms with Gasteiger partial charge in [0.1, 0.15) is 11.8 Å². The molecule has 0 atom stereocenters. The van der Waals surface area contributed by atoms with Gasteiger partial charge < -0.3 is 0 Å². The van der Waals surface area contributed by atoms with E-state index in [-0.39, 0.29) is 24.8 Å². The van der Waals surface area contributed by atoms with Crippen LogP contribution in [0.2, 0.25) is 0 Å². The first-order chi connectivity index (χ1) is 3.43. The maximum atomic E-state index is 8.11. The molecule has 1 N–H and O–H groups in total. The van der Waals surface area contributed by atoms with Gasteiger partial charge >= 0.3 is 0 Å². The Labute approximate surface area is 64.9 Å². The summed E-state index contributed by atoms with van der Waals surface area (Å²) in [5.74, 6) is 0. The molecule has 0 radical (unpaired) electrons. The second-order valence-electron chi connectivity index (χ2n) is 1.08. The smallest absolute Gasteiger partial charge is 0.135 e. The number of aromatic nitrogens is 2. The SMILES string of the molecule is Cl.Cl.N#Cc1ccn[nH]1. The van der Waals surface area contributed by atoms with Crippen LogP contribution in [0.15, 0.2) is 12.3 Å². The van der Waals surface area contributed by atoms with E-state index in [2.05, 4.69) is 10.2 Å². The van der Waals surface area contributed by atoms with Crippen LogP contribution >= 0.6 is 24.8 Å². The Bertz CT molecular complexity index is 176. The van der Waals surface area contributed by atoms with E-state index in [4.69, 9.17) is 5.26 Å². The van der Waals surface area contributed by atoms with E-state index in [1.807, 2.05) is 6.07 Å². The van der Waals surface area contributed by atoms with E-state index in [1.165, 1.54) is 0 Å². The van der Waals surface area contributed by atoms with Crippen molar-refractivity contribution in [2.75, 3.05) is 0 Å². The highest BCUT2D eigenvalue weighted by Crippen LogP contribution is 1.83. The zero-order valence-corrected chi connectivity index (χ0v) is 6.00. The summed E-state index contributed by atoms with van der Waals surface area (Å²) in [5, 5.41) is 14.1. The highest BCUT2D eigenvalue weighted by Gasteiger charge is 1.82. The molecule has 1 heterocycles. The lowest BCUT2D eigenvalue weighted by atomic mass is 10.5. The average molecular weight is 166 g/mol. The lowest BCUT2D eigenvalue weighted by Gasteiger charge is -1.64. The number of nitrogens with one attached hydrogen (secondary N) is 1. The van der Waals surface area contributed by atoms with Crippen molar-refractivity contribution in [2.24, 2.45) is 0 Å². The molecule has 0 fully saturated rings. The molecule has 0 saturated carbocycles. The summed E-state index contributed by atoms with van der Waals surface area (Å²) < 4.78 is 0. The van der Waals surface area contributed by atoms with Crippen molar-refractivity contribution in [3.05, 3.63) is 18.0 Å². The van der Waals surface area contributed by atoms with Crippen molar-refractivity contribution in [3.8, 4) is 6.07 Å². The number of nitriles is 1. The Morgan fingerprint density at radius 1 is 1.56 bits per heavy atom. The topological polar surface area (TPSA) is 52.5 Å². The molecule has 0 aromatic carbocycles. The maximum absolute atomic E-state index is 8.11. The molecule has 0 bridgehead atoms. The molecule has 1 rings (SSSR count). The van der Waals surface area contributed by atoms with Gasteiger partial charge in [-0.2, -0.15) is 10.4 Å². The predicted molar refractivity (Wildman–Crippen MR) is 37.8 cm³/mol. The van der Waals surface area contributed by atoms with Crippen molar-refractivity contribution >= 4 is 24.8 Å². The lowest BCUT2D eigenvalue weighted by Crippen LogP contribution is -1.68. The second-order valence-corrected chi connectivity index (χ2v) is 1.08. The monoisotopic (exact) mass is 165 g/mol. The molecule has 0 saturated heterocycles. The zero-order valence-electron chi connectivity index (χ0n) is 4.37. The van der Waals surface area contributed by atoms with Gasteiger partial charge in [-0.15, -0.1) is 24.8 Å². The van der Waals surface area contributed by atoms with Gasteiger partial charge in [-0.1, -0.05) is 0 Å². The fourth-order valence-corrected chi connectivity index (χ4v) is 0.318. The molecule has 0 aliphatic heterocycles. The van der Waals surface area contributed by atoms with Crippen LogP contribution in [0.4, 0.5) is 0 Å².